The minimum atomic E-state index is -0.897. The summed E-state index contributed by atoms with van der Waals surface area (Å²) in [6.45, 7) is 0.490. The lowest BCUT2D eigenvalue weighted by Gasteiger charge is -2.16. The molecule has 0 amide bonds. The van der Waals surface area contributed by atoms with Crippen molar-refractivity contribution in [3.63, 3.8) is 0 Å². The molecule has 1 N–H and O–H groups in total. The van der Waals surface area contributed by atoms with Gasteiger partial charge in [0.25, 0.3) is 0 Å². The third-order valence-corrected chi connectivity index (χ3v) is 3.89. The van der Waals surface area contributed by atoms with Gasteiger partial charge in [0, 0.05) is 11.5 Å². The highest BCUT2D eigenvalue weighted by molar-refractivity contribution is 5.76. The Kier molecular flexibility index (Phi) is 3.60. The molecule has 1 heterocycles. The van der Waals surface area contributed by atoms with Crippen LogP contribution in [0, 0.1) is 5.82 Å². The van der Waals surface area contributed by atoms with Crippen LogP contribution >= 0.6 is 0 Å². The van der Waals surface area contributed by atoms with Gasteiger partial charge in [0.2, 0.25) is 0 Å². The minimum Gasteiger partial charge on any atom is -0.493 e. The van der Waals surface area contributed by atoms with Gasteiger partial charge in [-0.05, 0) is 30.2 Å². The van der Waals surface area contributed by atoms with Crippen LogP contribution in [0.25, 0.3) is 0 Å². The molecule has 108 valence electrons. The second kappa shape index (κ2) is 5.56. The number of aliphatic carboxylic acids is 1. The van der Waals surface area contributed by atoms with E-state index < -0.39 is 11.9 Å². The Balaban J connectivity index is 1.84. The standard InChI is InChI=1S/C17H15FO3/c18-13-7-5-11(6-8-13)15(17(19)20)9-12-10-21-16-4-2-1-3-14(12)16/h1-8,12,15H,9-10H2,(H,19,20). The quantitative estimate of drug-likeness (QED) is 0.934. The Labute approximate surface area is 122 Å². The van der Waals surface area contributed by atoms with Gasteiger partial charge in [-0.1, -0.05) is 30.3 Å². The highest BCUT2D eigenvalue weighted by Crippen LogP contribution is 2.39. The SMILES string of the molecule is O=C(O)C(CC1COc2ccccc21)c1ccc(F)cc1. The van der Waals surface area contributed by atoms with Gasteiger partial charge in [-0.3, -0.25) is 4.79 Å². The summed E-state index contributed by atoms with van der Waals surface area (Å²) in [5, 5.41) is 9.47. The summed E-state index contributed by atoms with van der Waals surface area (Å²) in [6, 6.07) is 13.4. The van der Waals surface area contributed by atoms with Gasteiger partial charge in [-0.2, -0.15) is 0 Å². The average molecular weight is 286 g/mol. The molecule has 1 aliphatic heterocycles. The zero-order valence-corrected chi connectivity index (χ0v) is 11.3. The molecule has 0 aliphatic carbocycles. The number of fused-ring (bicyclic) bond motifs is 1. The van der Waals surface area contributed by atoms with E-state index in [1.807, 2.05) is 24.3 Å². The molecular weight excluding hydrogens is 271 g/mol. The van der Waals surface area contributed by atoms with Crippen LogP contribution in [0.2, 0.25) is 0 Å². The van der Waals surface area contributed by atoms with Crippen LogP contribution in [0.15, 0.2) is 48.5 Å². The van der Waals surface area contributed by atoms with Gasteiger partial charge >= 0.3 is 5.97 Å². The number of benzene rings is 2. The highest BCUT2D eigenvalue weighted by atomic mass is 19.1. The zero-order valence-electron chi connectivity index (χ0n) is 11.3. The lowest BCUT2D eigenvalue weighted by molar-refractivity contribution is -0.139. The van der Waals surface area contributed by atoms with E-state index in [4.69, 9.17) is 4.74 Å². The van der Waals surface area contributed by atoms with E-state index >= 15 is 0 Å². The maximum atomic E-state index is 13.0. The lowest BCUT2D eigenvalue weighted by atomic mass is 9.86. The first-order valence-corrected chi connectivity index (χ1v) is 6.85. The number of carboxylic acid groups (broad SMARTS) is 1. The summed E-state index contributed by atoms with van der Waals surface area (Å²) in [5.41, 5.74) is 1.67. The summed E-state index contributed by atoms with van der Waals surface area (Å²) < 4.78 is 18.6. The fourth-order valence-corrected chi connectivity index (χ4v) is 2.78. The van der Waals surface area contributed by atoms with Crippen molar-refractivity contribution >= 4 is 5.97 Å². The molecule has 4 heteroatoms. The number of para-hydroxylation sites is 1. The van der Waals surface area contributed by atoms with E-state index in [1.54, 1.807) is 0 Å². The smallest absolute Gasteiger partial charge is 0.310 e. The fraction of sp³-hybridized carbons (Fsp3) is 0.235. The van der Waals surface area contributed by atoms with Crippen LogP contribution < -0.4 is 4.74 Å². The highest BCUT2D eigenvalue weighted by Gasteiger charge is 2.30. The van der Waals surface area contributed by atoms with Crippen molar-refractivity contribution in [2.24, 2.45) is 0 Å². The largest absolute Gasteiger partial charge is 0.493 e. The fourth-order valence-electron chi connectivity index (χ4n) is 2.78. The molecule has 21 heavy (non-hydrogen) atoms. The average Bonchev–Trinajstić information content (AvgIpc) is 2.89. The molecule has 2 aromatic carbocycles. The number of halogens is 1. The molecule has 0 spiro atoms. The van der Waals surface area contributed by atoms with Gasteiger partial charge in [-0.15, -0.1) is 0 Å². The van der Waals surface area contributed by atoms with Gasteiger partial charge < -0.3 is 9.84 Å². The van der Waals surface area contributed by atoms with Crippen LogP contribution in [0.5, 0.6) is 5.75 Å². The third-order valence-electron chi connectivity index (χ3n) is 3.89. The number of carboxylic acids is 1. The van der Waals surface area contributed by atoms with Crippen LogP contribution in [0.3, 0.4) is 0 Å². The van der Waals surface area contributed by atoms with Crippen molar-refractivity contribution in [1.29, 1.82) is 0 Å². The zero-order chi connectivity index (χ0) is 14.8. The first kappa shape index (κ1) is 13.6. The summed E-state index contributed by atoms with van der Waals surface area (Å²) in [5.74, 6) is -1.05. The molecule has 0 saturated heterocycles. The summed E-state index contributed by atoms with van der Waals surface area (Å²) in [6.07, 6.45) is 0.442. The minimum absolute atomic E-state index is 0.0485. The predicted octanol–water partition coefficient (Wildman–Crippen LogP) is 3.56. The molecule has 0 radical (unpaired) electrons. The Morgan fingerprint density at radius 3 is 2.67 bits per heavy atom. The molecule has 1 aliphatic rings. The van der Waals surface area contributed by atoms with E-state index in [-0.39, 0.29) is 11.7 Å². The van der Waals surface area contributed by atoms with Crippen LogP contribution in [-0.4, -0.2) is 17.7 Å². The number of hydrogen-bond donors (Lipinski definition) is 1. The Morgan fingerprint density at radius 2 is 1.95 bits per heavy atom. The van der Waals surface area contributed by atoms with Crippen LogP contribution in [0.1, 0.15) is 29.4 Å². The molecule has 3 rings (SSSR count). The molecule has 2 unspecified atom stereocenters. The first-order chi connectivity index (χ1) is 10.1. The van der Waals surface area contributed by atoms with E-state index in [9.17, 15) is 14.3 Å². The van der Waals surface area contributed by atoms with E-state index in [0.717, 1.165) is 11.3 Å². The van der Waals surface area contributed by atoms with Gasteiger partial charge in [0.1, 0.15) is 11.6 Å². The molecule has 3 nitrogen and oxygen atoms in total. The second-order valence-electron chi connectivity index (χ2n) is 5.22. The van der Waals surface area contributed by atoms with Crippen LogP contribution in [0.4, 0.5) is 4.39 Å². The molecule has 0 saturated carbocycles. The summed E-state index contributed by atoms with van der Waals surface area (Å²) in [7, 11) is 0. The third kappa shape index (κ3) is 2.75. The van der Waals surface area contributed by atoms with Crippen molar-refractivity contribution in [2.75, 3.05) is 6.61 Å². The Morgan fingerprint density at radius 1 is 1.24 bits per heavy atom. The van der Waals surface area contributed by atoms with Gasteiger partial charge in [0.05, 0.1) is 12.5 Å². The first-order valence-electron chi connectivity index (χ1n) is 6.85. The lowest BCUT2D eigenvalue weighted by Crippen LogP contribution is -2.16. The maximum absolute atomic E-state index is 13.0. The van der Waals surface area contributed by atoms with Crippen molar-refractivity contribution in [2.45, 2.75) is 18.3 Å². The monoisotopic (exact) mass is 286 g/mol. The molecule has 2 aromatic rings. The molecular formula is C17H15FO3. The van der Waals surface area contributed by atoms with Crippen molar-refractivity contribution in [1.82, 2.24) is 0 Å². The van der Waals surface area contributed by atoms with Crippen LogP contribution in [-0.2, 0) is 4.79 Å². The van der Waals surface area contributed by atoms with Gasteiger partial charge in [0.15, 0.2) is 0 Å². The molecule has 2 atom stereocenters. The number of hydrogen-bond acceptors (Lipinski definition) is 2. The number of carbonyl (C=O) groups is 1. The van der Waals surface area contributed by atoms with E-state index in [2.05, 4.69) is 0 Å². The van der Waals surface area contributed by atoms with Crippen molar-refractivity contribution in [3.05, 3.63) is 65.5 Å². The predicted molar refractivity (Wildman–Crippen MR) is 76.1 cm³/mol. The van der Waals surface area contributed by atoms with E-state index in [1.165, 1.54) is 24.3 Å². The normalized spacial score (nSPS) is 17.9. The maximum Gasteiger partial charge on any atom is 0.310 e. The van der Waals surface area contributed by atoms with Crippen molar-refractivity contribution in [3.8, 4) is 5.75 Å². The topological polar surface area (TPSA) is 46.5 Å². The van der Waals surface area contributed by atoms with Crippen molar-refractivity contribution < 1.29 is 19.0 Å². The summed E-state index contributed by atoms with van der Waals surface area (Å²) >= 11 is 0. The molecule has 0 aromatic heterocycles. The number of ether oxygens (including phenoxy) is 1. The number of rotatable bonds is 4. The summed E-state index contributed by atoms with van der Waals surface area (Å²) in [4.78, 5) is 11.6. The Bertz CT molecular complexity index is 651. The Hall–Kier alpha value is -2.36. The second-order valence-corrected chi connectivity index (χ2v) is 5.22. The van der Waals surface area contributed by atoms with E-state index in [0.29, 0.717) is 18.6 Å². The van der Waals surface area contributed by atoms with Gasteiger partial charge in [-0.25, -0.2) is 4.39 Å². The molecule has 0 fully saturated rings. The molecule has 0 bridgehead atoms.